The molecule has 1 nitrogen and oxygen atoms in total. The molecule has 1 N–H and O–H groups in total. The van der Waals surface area contributed by atoms with Crippen LogP contribution in [0, 0.1) is 6.92 Å². The van der Waals surface area contributed by atoms with Crippen LogP contribution in [0.1, 0.15) is 36.5 Å². The third-order valence-corrected chi connectivity index (χ3v) is 3.95. The molecule has 16 heavy (non-hydrogen) atoms. The normalized spacial score (nSPS) is 23.2. The first-order valence-electron chi connectivity index (χ1n) is 6.34. The summed E-state index contributed by atoms with van der Waals surface area (Å²) in [4.78, 5) is 0. The van der Waals surface area contributed by atoms with Gasteiger partial charge in [0.25, 0.3) is 0 Å². The summed E-state index contributed by atoms with van der Waals surface area (Å²) in [7, 11) is 0. The van der Waals surface area contributed by atoms with Crippen molar-refractivity contribution in [2.45, 2.75) is 39.2 Å². The number of benzene rings is 1. The van der Waals surface area contributed by atoms with Crippen LogP contribution in [0.2, 0.25) is 0 Å². The second-order valence-electron chi connectivity index (χ2n) is 5.01. The summed E-state index contributed by atoms with van der Waals surface area (Å²) in [5.74, 6) is 0. The molecule has 3 rings (SSSR count). The third-order valence-electron chi connectivity index (χ3n) is 3.95. The molecule has 0 saturated carbocycles. The van der Waals surface area contributed by atoms with Gasteiger partial charge in [0.05, 0.1) is 0 Å². The van der Waals surface area contributed by atoms with E-state index in [9.17, 15) is 0 Å². The molecule has 0 radical (unpaired) electrons. The van der Waals surface area contributed by atoms with Crippen LogP contribution in [0.5, 0.6) is 0 Å². The molecule has 1 heteroatoms. The van der Waals surface area contributed by atoms with Gasteiger partial charge in [-0.05, 0) is 55.0 Å². The van der Waals surface area contributed by atoms with Crippen LogP contribution in [0.4, 0.5) is 0 Å². The Morgan fingerprint density at radius 3 is 3.06 bits per heavy atom. The lowest BCUT2D eigenvalue weighted by Crippen LogP contribution is -2.35. The minimum Gasteiger partial charge on any atom is -0.310 e. The topological polar surface area (TPSA) is 12.0 Å². The van der Waals surface area contributed by atoms with E-state index < -0.39 is 0 Å². The summed E-state index contributed by atoms with van der Waals surface area (Å²) in [6.45, 7) is 5.61. The molecule has 1 aromatic carbocycles. The predicted octanol–water partition coefficient (Wildman–Crippen LogP) is 3.08. The van der Waals surface area contributed by atoms with E-state index in [1.807, 2.05) is 0 Å². The first kappa shape index (κ1) is 10.1. The van der Waals surface area contributed by atoms with Crippen molar-refractivity contribution in [2.75, 3.05) is 6.54 Å². The Morgan fingerprint density at radius 1 is 1.38 bits per heavy atom. The SMILES string of the molecule is CCC1NCCC2=C1Cc1cc(C)ccc12. The maximum absolute atomic E-state index is 3.63. The molecule has 1 unspecified atom stereocenters. The maximum atomic E-state index is 3.63. The lowest BCUT2D eigenvalue weighted by Gasteiger charge is -2.25. The van der Waals surface area contributed by atoms with Gasteiger partial charge in [-0.25, -0.2) is 0 Å². The summed E-state index contributed by atoms with van der Waals surface area (Å²) in [5, 5.41) is 3.63. The zero-order chi connectivity index (χ0) is 11.1. The van der Waals surface area contributed by atoms with E-state index in [-0.39, 0.29) is 0 Å². The molecular weight excluding hydrogens is 194 g/mol. The van der Waals surface area contributed by atoms with Gasteiger partial charge in [0, 0.05) is 6.04 Å². The Hall–Kier alpha value is -1.08. The number of aryl methyl sites for hydroxylation is 1. The van der Waals surface area contributed by atoms with Crippen LogP contribution in [-0.2, 0) is 6.42 Å². The number of nitrogens with one attached hydrogen (secondary N) is 1. The van der Waals surface area contributed by atoms with E-state index in [0.717, 1.165) is 6.54 Å². The van der Waals surface area contributed by atoms with Crippen molar-refractivity contribution in [1.29, 1.82) is 0 Å². The highest BCUT2D eigenvalue weighted by molar-refractivity contribution is 5.78. The number of hydrogen-bond acceptors (Lipinski definition) is 1. The van der Waals surface area contributed by atoms with Crippen molar-refractivity contribution in [3.8, 4) is 0 Å². The molecule has 0 saturated heterocycles. The van der Waals surface area contributed by atoms with Crippen LogP contribution in [0.3, 0.4) is 0 Å². The van der Waals surface area contributed by atoms with E-state index in [0.29, 0.717) is 6.04 Å². The summed E-state index contributed by atoms with van der Waals surface area (Å²) >= 11 is 0. The highest BCUT2D eigenvalue weighted by atomic mass is 14.9. The van der Waals surface area contributed by atoms with Crippen LogP contribution in [-0.4, -0.2) is 12.6 Å². The number of rotatable bonds is 1. The largest absolute Gasteiger partial charge is 0.310 e. The molecule has 1 atom stereocenters. The molecule has 0 amide bonds. The Bertz CT molecular complexity index is 457. The standard InChI is InChI=1S/C15H19N/c1-3-15-14-9-11-8-10(2)4-5-12(11)13(14)6-7-16-15/h4-5,8,15-16H,3,6-7,9H2,1-2H3. The smallest absolute Gasteiger partial charge is 0.0286 e. The van der Waals surface area contributed by atoms with Gasteiger partial charge in [0.15, 0.2) is 0 Å². The fraction of sp³-hybridized carbons (Fsp3) is 0.467. The van der Waals surface area contributed by atoms with Crippen molar-refractivity contribution < 1.29 is 0 Å². The minimum absolute atomic E-state index is 0.622. The molecule has 0 bridgehead atoms. The molecule has 0 spiro atoms. The Labute approximate surface area is 97.6 Å². The van der Waals surface area contributed by atoms with E-state index in [1.54, 1.807) is 16.7 Å². The van der Waals surface area contributed by atoms with Crippen molar-refractivity contribution in [1.82, 2.24) is 5.32 Å². The monoisotopic (exact) mass is 213 g/mol. The molecule has 2 aliphatic rings. The van der Waals surface area contributed by atoms with Crippen LogP contribution in [0.25, 0.3) is 5.57 Å². The summed E-state index contributed by atoms with van der Waals surface area (Å²) < 4.78 is 0. The first-order chi connectivity index (χ1) is 7.79. The molecule has 0 fully saturated rings. The summed E-state index contributed by atoms with van der Waals surface area (Å²) in [6, 6.07) is 7.56. The lowest BCUT2D eigenvalue weighted by molar-refractivity contribution is 0.538. The van der Waals surface area contributed by atoms with E-state index >= 15 is 0 Å². The van der Waals surface area contributed by atoms with Gasteiger partial charge in [-0.3, -0.25) is 0 Å². The minimum atomic E-state index is 0.622. The van der Waals surface area contributed by atoms with E-state index in [1.165, 1.54) is 30.4 Å². The van der Waals surface area contributed by atoms with Gasteiger partial charge in [-0.2, -0.15) is 0 Å². The van der Waals surface area contributed by atoms with Gasteiger partial charge in [-0.15, -0.1) is 0 Å². The van der Waals surface area contributed by atoms with E-state index in [2.05, 4.69) is 37.4 Å². The summed E-state index contributed by atoms with van der Waals surface area (Å²) in [6.07, 6.45) is 3.60. The summed E-state index contributed by atoms with van der Waals surface area (Å²) in [5.41, 5.74) is 7.77. The Kier molecular flexibility index (Phi) is 2.36. The number of hydrogen-bond donors (Lipinski definition) is 1. The van der Waals surface area contributed by atoms with Gasteiger partial charge in [0.2, 0.25) is 0 Å². The molecule has 1 aromatic rings. The zero-order valence-electron chi connectivity index (χ0n) is 10.1. The van der Waals surface area contributed by atoms with Crippen molar-refractivity contribution in [3.63, 3.8) is 0 Å². The lowest BCUT2D eigenvalue weighted by atomic mass is 9.93. The first-order valence-corrected chi connectivity index (χ1v) is 6.34. The second-order valence-corrected chi connectivity index (χ2v) is 5.01. The van der Waals surface area contributed by atoms with Crippen molar-refractivity contribution in [3.05, 3.63) is 40.5 Å². The zero-order valence-corrected chi connectivity index (χ0v) is 10.1. The quantitative estimate of drug-likeness (QED) is 0.756. The fourth-order valence-electron chi connectivity index (χ4n) is 3.16. The Balaban J connectivity index is 2.05. The Morgan fingerprint density at radius 2 is 2.25 bits per heavy atom. The highest BCUT2D eigenvalue weighted by Crippen LogP contribution is 2.39. The molecule has 1 aliphatic carbocycles. The van der Waals surface area contributed by atoms with Gasteiger partial charge in [0.1, 0.15) is 0 Å². The van der Waals surface area contributed by atoms with Gasteiger partial charge >= 0.3 is 0 Å². The number of fused-ring (bicyclic) bond motifs is 2. The molecule has 84 valence electrons. The average molecular weight is 213 g/mol. The van der Waals surface area contributed by atoms with Crippen LogP contribution < -0.4 is 5.32 Å². The molecular formula is C15H19N. The average Bonchev–Trinajstić information content (AvgIpc) is 2.65. The van der Waals surface area contributed by atoms with Crippen molar-refractivity contribution in [2.24, 2.45) is 0 Å². The fourth-order valence-corrected chi connectivity index (χ4v) is 3.16. The highest BCUT2D eigenvalue weighted by Gasteiger charge is 2.28. The van der Waals surface area contributed by atoms with E-state index in [4.69, 9.17) is 0 Å². The third kappa shape index (κ3) is 1.42. The predicted molar refractivity (Wildman–Crippen MR) is 68.5 cm³/mol. The second kappa shape index (κ2) is 3.74. The van der Waals surface area contributed by atoms with Gasteiger partial charge in [-0.1, -0.05) is 30.7 Å². The molecule has 1 heterocycles. The van der Waals surface area contributed by atoms with Crippen LogP contribution in [0.15, 0.2) is 23.8 Å². The molecule has 0 aromatic heterocycles. The van der Waals surface area contributed by atoms with Crippen LogP contribution >= 0.6 is 0 Å². The van der Waals surface area contributed by atoms with Gasteiger partial charge < -0.3 is 5.32 Å². The van der Waals surface area contributed by atoms with Crippen molar-refractivity contribution >= 4 is 5.57 Å². The molecule has 1 aliphatic heterocycles. The maximum Gasteiger partial charge on any atom is 0.0286 e.